The van der Waals surface area contributed by atoms with Crippen molar-refractivity contribution < 1.29 is 29.0 Å². The molecule has 9 heteroatoms. The quantitative estimate of drug-likeness (QED) is 0.574. The molecule has 1 aromatic carbocycles. The van der Waals surface area contributed by atoms with Crippen molar-refractivity contribution in [3.8, 4) is 5.75 Å². The number of carbonyl (C=O) groups is 3. The highest BCUT2D eigenvalue weighted by Crippen LogP contribution is 2.58. The minimum atomic E-state index is -1.33. The van der Waals surface area contributed by atoms with Gasteiger partial charge in [0.2, 0.25) is 17.7 Å². The average Bonchev–Trinajstić information content (AvgIpc) is 3.16. The Morgan fingerprint density at radius 1 is 1.00 bits per heavy atom. The number of aliphatic hydroxyl groups excluding tert-OH is 1. The van der Waals surface area contributed by atoms with Gasteiger partial charge >= 0.3 is 0 Å². The molecular weight excluding hydrogens is 486 g/mol. The van der Waals surface area contributed by atoms with Crippen LogP contribution < -0.4 is 9.64 Å². The van der Waals surface area contributed by atoms with Gasteiger partial charge in [0, 0.05) is 24.8 Å². The van der Waals surface area contributed by atoms with E-state index in [1.165, 1.54) is 4.90 Å². The number of hydrogen-bond donors (Lipinski definition) is 1. The SMILES string of the molecule is CCOc1ccc(N2CC=C[C@@]3(C)O[C@]45C=CCN(C(C)C)C(=O)C4N([C@H](C)CO)C(=O)[C@@H]5[C@H]3C2=O)cc1. The molecule has 1 spiro atoms. The minimum Gasteiger partial charge on any atom is -0.494 e. The third kappa shape index (κ3) is 3.78. The number of benzene rings is 1. The normalized spacial score (nSPS) is 33.3. The highest BCUT2D eigenvalue weighted by molar-refractivity contribution is 6.04. The van der Waals surface area contributed by atoms with Crippen molar-refractivity contribution in [2.45, 2.75) is 63.9 Å². The van der Waals surface area contributed by atoms with Crippen molar-refractivity contribution >= 4 is 23.4 Å². The zero-order valence-corrected chi connectivity index (χ0v) is 22.7. The number of rotatable bonds is 6. The third-order valence-electron chi connectivity index (χ3n) is 8.35. The van der Waals surface area contributed by atoms with Crippen molar-refractivity contribution in [1.82, 2.24) is 9.80 Å². The van der Waals surface area contributed by atoms with Crippen LogP contribution in [0, 0.1) is 11.8 Å². The molecule has 38 heavy (non-hydrogen) atoms. The lowest BCUT2D eigenvalue weighted by molar-refractivity contribution is -0.154. The van der Waals surface area contributed by atoms with Gasteiger partial charge < -0.3 is 29.3 Å². The van der Waals surface area contributed by atoms with E-state index in [0.29, 0.717) is 31.1 Å². The fourth-order valence-corrected chi connectivity index (χ4v) is 6.63. The number of carbonyl (C=O) groups excluding carboxylic acids is 3. The molecule has 1 aromatic rings. The number of ether oxygens (including phenoxy) is 2. The smallest absolute Gasteiger partial charge is 0.249 e. The largest absolute Gasteiger partial charge is 0.494 e. The summed E-state index contributed by atoms with van der Waals surface area (Å²) in [6.45, 7) is 10.3. The highest BCUT2D eigenvalue weighted by atomic mass is 16.5. The lowest BCUT2D eigenvalue weighted by Crippen LogP contribution is -2.59. The molecule has 0 saturated carbocycles. The van der Waals surface area contributed by atoms with Gasteiger partial charge in [-0.1, -0.05) is 24.3 Å². The molecule has 9 nitrogen and oxygen atoms in total. The molecule has 1 unspecified atom stereocenters. The zero-order valence-electron chi connectivity index (χ0n) is 22.7. The zero-order chi connectivity index (χ0) is 27.4. The van der Waals surface area contributed by atoms with Gasteiger partial charge in [-0.05, 0) is 58.9 Å². The van der Waals surface area contributed by atoms with Crippen molar-refractivity contribution in [2.24, 2.45) is 11.8 Å². The molecule has 4 aliphatic heterocycles. The molecule has 6 atom stereocenters. The van der Waals surface area contributed by atoms with Crippen LogP contribution in [-0.4, -0.2) is 88.3 Å². The van der Waals surface area contributed by atoms with Crippen LogP contribution in [-0.2, 0) is 19.1 Å². The van der Waals surface area contributed by atoms with E-state index in [4.69, 9.17) is 9.47 Å². The van der Waals surface area contributed by atoms with E-state index < -0.39 is 35.1 Å². The lowest BCUT2D eigenvalue weighted by Gasteiger charge is -2.40. The Hall–Kier alpha value is -3.17. The Bertz CT molecular complexity index is 1180. The first-order valence-corrected chi connectivity index (χ1v) is 13.4. The van der Waals surface area contributed by atoms with Gasteiger partial charge in [-0.15, -0.1) is 0 Å². The minimum absolute atomic E-state index is 0.0955. The summed E-state index contributed by atoms with van der Waals surface area (Å²) in [7, 11) is 0. The van der Waals surface area contributed by atoms with Crippen LogP contribution in [0.2, 0.25) is 0 Å². The number of anilines is 1. The second kappa shape index (κ2) is 9.54. The number of fused-ring (bicyclic) bond motifs is 2. The van der Waals surface area contributed by atoms with E-state index in [9.17, 15) is 19.5 Å². The second-order valence-corrected chi connectivity index (χ2v) is 11.0. The van der Waals surface area contributed by atoms with Crippen LogP contribution in [0.5, 0.6) is 5.75 Å². The molecule has 2 fully saturated rings. The van der Waals surface area contributed by atoms with Gasteiger partial charge in [-0.3, -0.25) is 14.4 Å². The Morgan fingerprint density at radius 3 is 2.32 bits per heavy atom. The summed E-state index contributed by atoms with van der Waals surface area (Å²) in [5, 5.41) is 10.1. The summed E-state index contributed by atoms with van der Waals surface area (Å²) in [6, 6.07) is 5.62. The van der Waals surface area contributed by atoms with E-state index >= 15 is 0 Å². The summed E-state index contributed by atoms with van der Waals surface area (Å²) in [5.41, 5.74) is -1.74. The summed E-state index contributed by atoms with van der Waals surface area (Å²) >= 11 is 0. The molecule has 0 aliphatic carbocycles. The number of aliphatic hydroxyl groups is 1. The maximum Gasteiger partial charge on any atom is 0.249 e. The highest BCUT2D eigenvalue weighted by Gasteiger charge is 2.75. The molecule has 0 bridgehead atoms. The van der Waals surface area contributed by atoms with Crippen LogP contribution in [0.25, 0.3) is 0 Å². The van der Waals surface area contributed by atoms with Crippen LogP contribution in [0.15, 0.2) is 48.6 Å². The maximum absolute atomic E-state index is 14.3. The summed E-state index contributed by atoms with van der Waals surface area (Å²) in [6.07, 6.45) is 7.46. The van der Waals surface area contributed by atoms with Crippen molar-refractivity contribution in [3.63, 3.8) is 0 Å². The first kappa shape index (κ1) is 26.4. The van der Waals surface area contributed by atoms with Crippen LogP contribution in [0.3, 0.4) is 0 Å². The van der Waals surface area contributed by atoms with E-state index in [2.05, 4.69) is 0 Å². The molecule has 1 N–H and O–H groups in total. The van der Waals surface area contributed by atoms with E-state index in [-0.39, 0.29) is 30.4 Å². The van der Waals surface area contributed by atoms with Crippen LogP contribution >= 0.6 is 0 Å². The molecule has 0 aromatic heterocycles. The standard InChI is InChI=1S/C29H37N3O6/c1-6-37-21-11-9-20(10-12-21)31-16-7-13-28(5)22(25(31)34)23-26(35)32(19(4)17-33)24-27(36)30(18(2)3)15-8-14-29(23,24)38-28/h7-14,18-19,22-24,33H,6,15-17H2,1-5H3/t19-,22+,23+,24?,28-,29+/m1/s1. The Balaban J connectivity index is 1.61. The van der Waals surface area contributed by atoms with Gasteiger partial charge in [0.05, 0.1) is 36.7 Å². The van der Waals surface area contributed by atoms with Crippen molar-refractivity contribution in [2.75, 3.05) is 31.2 Å². The molecule has 0 radical (unpaired) electrons. The van der Waals surface area contributed by atoms with E-state index in [0.717, 1.165) is 0 Å². The topological polar surface area (TPSA) is 99.6 Å². The van der Waals surface area contributed by atoms with E-state index in [1.807, 2.05) is 76.3 Å². The number of amides is 3. The summed E-state index contributed by atoms with van der Waals surface area (Å²) < 4.78 is 12.3. The van der Waals surface area contributed by atoms with E-state index in [1.54, 1.807) is 16.7 Å². The van der Waals surface area contributed by atoms with Crippen molar-refractivity contribution in [3.05, 3.63) is 48.6 Å². The maximum atomic E-state index is 14.3. The average molecular weight is 524 g/mol. The molecule has 5 rings (SSSR count). The first-order chi connectivity index (χ1) is 18.1. The van der Waals surface area contributed by atoms with Crippen molar-refractivity contribution in [1.29, 1.82) is 0 Å². The lowest BCUT2D eigenvalue weighted by atomic mass is 9.74. The molecule has 2 saturated heterocycles. The number of nitrogens with zero attached hydrogens (tertiary/aromatic N) is 3. The molecule has 204 valence electrons. The predicted octanol–water partition coefficient (Wildman–Crippen LogP) is 2.15. The summed E-state index contributed by atoms with van der Waals surface area (Å²) in [5.74, 6) is -1.88. The third-order valence-corrected chi connectivity index (χ3v) is 8.35. The van der Waals surface area contributed by atoms with Gasteiger partial charge in [-0.2, -0.15) is 0 Å². The monoisotopic (exact) mass is 523 g/mol. The predicted molar refractivity (Wildman–Crippen MR) is 141 cm³/mol. The van der Waals surface area contributed by atoms with Gasteiger partial charge in [0.25, 0.3) is 0 Å². The Kier molecular flexibility index (Phi) is 6.64. The van der Waals surface area contributed by atoms with Gasteiger partial charge in [0.15, 0.2) is 0 Å². The Morgan fingerprint density at radius 2 is 1.68 bits per heavy atom. The van der Waals surface area contributed by atoms with Gasteiger partial charge in [-0.25, -0.2) is 0 Å². The molecular formula is C29H37N3O6. The molecule has 4 heterocycles. The number of likely N-dealkylation sites (tertiary alicyclic amines) is 1. The second-order valence-electron chi connectivity index (χ2n) is 11.0. The number of hydrogen-bond acceptors (Lipinski definition) is 6. The fourth-order valence-electron chi connectivity index (χ4n) is 6.63. The summed E-state index contributed by atoms with van der Waals surface area (Å²) in [4.78, 5) is 47.4. The van der Waals surface area contributed by atoms with Crippen LogP contribution in [0.4, 0.5) is 5.69 Å². The van der Waals surface area contributed by atoms with Crippen LogP contribution in [0.1, 0.15) is 34.6 Å². The van der Waals surface area contributed by atoms with Gasteiger partial charge in [0.1, 0.15) is 17.4 Å². The Labute approximate surface area is 223 Å². The first-order valence-electron chi connectivity index (χ1n) is 13.4. The fraction of sp³-hybridized carbons (Fsp3) is 0.552. The molecule has 4 aliphatic rings. The molecule has 3 amide bonds.